The van der Waals surface area contributed by atoms with Crippen molar-refractivity contribution in [3.05, 3.63) is 26.1 Å². The number of aromatic amines is 1. The topological polar surface area (TPSA) is 28.9 Å². The predicted molar refractivity (Wildman–Crippen MR) is 54.9 cm³/mol. The predicted octanol–water partition coefficient (Wildman–Crippen LogP) is 3.83. The van der Waals surface area contributed by atoms with E-state index in [-0.39, 0.29) is 0 Å². The summed E-state index contributed by atoms with van der Waals surface area (Å²) in [4.78, 5) is 3.02. The Bertz CT molecular complexity index is 442. The first kappa shape index (κ1) is 8.22. The number of thiazole rings is 1. The Labute approximate surface area is 86.4 Å². The minimum Gasteiger partial charge on any atom is -0.448 e. The Morgan fingerprint density at radius 2 is 2.33 bits per heavy atom. The molecule has 1 N–H and O–H groups in total. The smallest absolute Gasteiger partial charge is 0.169 e. The van der Waals surface area contributed by atoms with Crippen LogP contribution < -0.4 is 0 Å². The normalized spacial score (nSPS) is 10.4. The second kappa shape index (κ2) is 3.16. The van der Waals surface area contributed by atoms with Gasteiger partial charge in [-0.15, -0.1) is 11.3 Å². The molecule has 0 aliphatic rings. The first-order chi connectivity index (χ1) is 5.75. The highest BCUT2D eigenvalue weighted by molar-refractivity contribution is 9.10. The number of rotatable bonds is 1. The van der Waals surface area contributed by atoms with E-state index < -0.39 is 0 Å². The molecule has 0 radical (unpaired) electrons. The summed E-state index contributed by atoms with van der Waals surface area (Å²) in [6, 6.07) is 3.74. The van der Waals surface area contributed by atoms with Crippen LogP contribution in [0.25, 0.3) is 11.5 Å². The molecule has 0 bridgehead atoms. The largest absolute Gasteiger partial charge is 0.448 e. The van der Waals surface area contributed by atoms with Crippen molar-refractivity contribution in [2.75, 3.05) is 0 Å². The summed E-state index contributed by atoms with van der Waals surface area (Å²) in [6.07, 6.45) is 0. The average Bonchev–Trinajstić information content (AvgIpc) is 2.58. The lowest BCUT2D eigenvalue weighted by Crippen LogP contribution is -1.69. The lowest BCUT2D eigenvalue weighted by atomic mass is 10.4. The standard InChI is InChI=1S/C7H4BrNOS2/c8-6-2-1-5(10-6)4-3-12-7(11)9-4/h1-3H,(H,9,11). The summed E-state index contributed by atoms with van der Waals surface area (Å²) in [5, 5.41) is 1.94. The number of furan rings is 1. The Morgan fingerprint density at radius 3 is 2.83 bits per heavy atom. The van der Waals surface area contributed by atoms with E-state index in [4.69, 9.17) is 16.6 Å². The first-order valence-corrected chi connectivity index (χ1v) is 5.27. The molecular weight excluding hydrogens is 258 g/mol. The van der Waals surface area contributed by atoms with Gasteiger partial charge in [0.1, 0.15) is 0 Å². The summed E-state index contributed by atoms with van der Waals surface area (Å²) in [6.45, 7) is 0. The van der Waals surface area contributed by atoms with Crippen molar-refractivity contribution in [1.82, 2.24) is 4.98 Å². The third kappa shape index (κ3) is 1.53. The number of hydrogen-bond donors (Lipinski definition) is 1. The van der Waals surface area contributed by atoms with Gasteiger partial charge in [0.15, 0.2) is 14.4 Å². The van der Waals surface area contributed by atoms with Gasteiger partial charge >= 0.3 is 0 Å². The van der Waals surface area contributed by atoms with Crippen molar-refractivity contribution in [2.45, 2.75) is 0 Å². The second-order valence-corrected chi connectivity index (χ2v) is 4.49. The third-order valence-electron chi connectivity index (χ3n) is 1.36. The van der Waals surface area contributed by atoms with Gasteiger partial charge in [0, 0.05) is 5.38 Å². The van der Waals surface area contributed by atoms with Crippen LogP contribution in [0.4, 0.5) is 0 Å². The van der Waals surface area contributed by atoms with E-state index in [1.165, 1.54) is 11.3 Å². The van der Waals surface area contributed by atoms with Gasteiger partial charge in [-0.3, -0.25) is 0 Å². The molecule has 2 heterocycles. The van der Waals surface area contributed by atoms with Gasteiger partial charge in [-0.05, 0) is 40.3 Å². The molecule has 0 saturated carbocycles. The minimum absolute atomic E-state index is 0.725. The molecule has 0 atom stereocenters. The molecule has 0 spiro atoms. The van der Waals surface area contributed by atoms with Crippen molar-refractivity contribution in [3.8, 4) is 11.5 Å². The Hall–Kier alpha value is -0.390. The number of halogens is 1. The van der Waals surface area contributed by atoms with E-state index in [1.807, 2.05) is 17.5 Å². The zero-order valence-electron chi connectivity index (χ0n) is 5.83. The summed E-state index contributed by atoms with van der Waals surface area (Å²) in [7, 11) is 0. The number of H-pyrrole nitrogens is 1. The molecule has 62 valence electrons. The van der Waals surface area contributed by atoms with E-state index in [2.05, 4.69) is 20.9 Å². The van der Waals surface area contributed by atoms with Crippen molar-refractivity contribution in [1.29, 1.82) is 0 Å². The van der Waals surface area contributed by atoms with E-state index in [0.29, 0.717) is 0 Å². The molecule has 2 aromatic rings. The van der Waals surface area contributed by atoms with Crippen LogP contribution in [0.1, 0.15) is 0 Å². The molecule has 5 heteroatoms. The van der Waals surface area contributed by atoms with Crippen LogP contribution in [-0.2, 0) is 0 Å². The fraction of sp³-hybridized carbons (Fsp3) is 0. The van der Waals surface area contributed by atoms with Crippen LogP contribution in [-0.4, -0.2) is 4.98 Å². The number of aromatic nitrogens is 1. The lowest BCUT2D eigenvalue weighted by molar-refractivity contribution is 0.554. The molecule has 0 aliphatic heterocycles. The molecule has 0 saturated heterocycles. The Kier molecular flexibility index (Phi) is 2.16. The van der Waals surface area contributed by atoms with Crippen LogP contribution in [0.2, 0.25) is 0 Å². The van der Waals surface area contributed by atoms with Crippen molar-refractivity contribution < 1.29 is 4.42 Å². The average molecular weight is 262 g/mol. The molecule has 0 aliphatic carbocycles. The molecule has 0 aromatic carbocycles. The van der Waals surface area contributed by atoms with Gasteiger partial charge in [0.05, 0.1) is 5.69 Å². The van der Waals surface area contributed by atoms with Gasteiger partial charge in [-0.25, -0.2) is 0 Å². The van der Waals surface area contributed by atoms with Gasteiger partial charge in [0.2, 0.25) is 0 Å². The van der Waals surface area contributed by atoms with E-state index >= 15 is 0 Å². The summed E-state index contributed by atoms with van der Waals surface area (Å²) < 4.78 is 6.82. The number of hydrogen-bond acceptors (Lipinski definition) is 3. The molecule has 12 heavy (non-hydrogen) atoms. The molecule has 2 nitrogen and oxygen atoms in total. The lowest BCUT2D eigenvalue weighted by Gasteiger charge is -1.87. The first-order valence-electron chi connectivity index (χ1n) is 3.19. The number of nitrogens with one attached hydrogen (secondary N) is 1. The summed E-state index contributed by atoms with van der Waals surface area (Å²) in [5.41, 5.74) is 0.927. The SMILES string of the molecule is S=c1[nH]c(-c2ccc(Br)o2)cs1. The van der Waals surface area contributed by atoms with E-state index in [9.17, 15) is 0 Å². The van der Waals surface area contributed by atoms with E-state index in [1.54, 1.807) is 0 Å². The highest BCUT2D eigenvalue weighted by atomic mass is 79.9. The van der Waals surface area contributed by atoms with Crippen LogP contribution in [0.3, 0.4) is 0 Å². The molecule has 0 fully saturated rings. The maximum Gasteiger partial charge on any atom is 0.169 e. The van der Waals surface area contributed by atoms with Crippen molar-refractivity contribution in [2.24, 2.45) is 0 Å². The fourth-order valence-corrected chi connectivity index (χ4v) is 1.99. The highest BCUT2D eigenvalue weighted by Gasteiger charge is 2.03. The summed E-state index contributed by atoms with van der Waals surface area (Å²) >= 11 is 9.67. The molecule has 0 unspecified atom stereocenters. The van der Waals surface area contributed by atoms with Crippen molar-refractivity contribution in [3.63, 3.8) is 0 Å². The second-order valence-electron chi connectivity index (χ2n) is 2.17. The summed E-state index contributed by atoms with van der Waals surface area (Å²) in [5.74, 6) is 0.800. The third-order valence-corrected chi connectivity index (χ3v) is 2.85. The van der Waals surface area contributed by atoms with Gasteiger partial charge < -0.3 is 9.40 Å². The quantitative estimate of drug-likeness (QED) is 0.791. The van der Waals surface area contributed by atoms with E-state index in [0.717, 1.165) is 20.1 Å². The molecule has 2 aromatic heterocycles. The highest BCUT2D eigenvalue weighted by Crippen LogP contribution is 2.24. The zero-order valence-corrected chi connectivity index (χ0v) is 9.05. The maximum atomic E-state index is 5.33. The van der Waals surface area contributed by atoms with Crippen LogP contribution in [0.5, 0.6) is 0 Å². The van der Waals surface area contributed by atoms with Crippen LogP contribution >= 0.6 is 39.5 Å². The minimum atomic E-state index is 0.725. The molecular formula is C7H4BrNOS2. The maximum absolute atomic E-state index is 5.33. The van der Waals surface area contributed by atoms with Gasteiger partial charge in [0.25, 0.3) is 0 Å². The van der Waals surface area contributed by atoms with Crippen LogP contribution in [0.15, 0.2) is 26.6 Å². The molecule has 0 amide bonds. The van der Waals surface area contributed by atoms with Crippen molar-refractivity contribution >= 4 is 39.5 Å². The monoisotopic (exact) mass is 261 g/mol. The zero-order chi connectivity index (χ0) is 8.55. The van der Waals surface area contributed by atoms with Gasteiger partial charge in [-0.1, -0.05) is 0 Å². The van der Waals surface area contributed by atoms with Crippen LogP contribution in [0, 0.1) is 3.95 Å². The van der Waals surface area contributed by atoms with Gasteiger partial charge in [-0.2, -0.15) is 0 Å². The Balaban J connectivity index is 2.50. The Morgan fingerprint density at radius 1 is 1.50 bits per heavy atom. The fourth-order valence-electron chi connectivity index (χ4n) is 0.860. The molecule has 2 rings (SSSR count).